The number of pyridine rings is 1. The molecule has 0 aromatic carbocycles. The number of nitrogens with two attached hydrogens (primary N) is 1. The summed E-state index contributed by atoms with van der Waals surface area (Å²) in [4.78, 5) is 5.14. The van der Waals surface area contributed by atoms with Gasteiger partial charge in [0, 0.05) is 12.7 Å². The lowest BCUT2D eigenvalue weighted by Crippen LogP contribution is -2.36. The number of hydrogen-bond donors (Lipinski definition) is 1. The third-order valence-corrected chi connectivity index (χ3v) is 2.64. The second-order valence-corrected chi connectivity index (χ2v) is 4.26. The zero-order valence-corrected chi connectivity index (χ0v) is 10.9. The molecule has 0 radical (unpaired) electrons. The van der Waals surface area contributed by atoms with E-state index in [1.165, 1.54) is 6.20 Å². The predicted molar refractivity (Wildman–Crippen MR) is 68.8 cm³/mol. The number of nitrogens with zero attached hydrogens (tertiary/aromatic N) is 2. The molecule has 18 heavy (non-hydrogen) atoms. The van der Waals surface area contributed by atoms with Crippen molar-refractivity contribution < 1.29 is 13.2 Å². The monoisotopic (exact) mass is 277 g/mol. The maximum atomic E-state index is 12.5. The van der Waals surface area contributed by atoms with Crippen molar-refractivity contribution >= 4 is 23.0 Å². The van der Waals surface area contributed by atoms with Gasteiger partial charge in [-0.15, -0.1) is 0 Å². The van der Waals surface area contributed by atoms with E-state index in [1.807, 2.05) is 0 Å². The Labute approximate surface area is 109 Å². The molecule has 7 heteroatoms. The first-order valence-corrected chi connectivity index (χ1v) is 5.74. The average molecular weight is 277 g/mol. The summed E-state index contributed by atoms with van der Waals surface area (Å²) in [6.45, 7) is 2.46. The van der Waals surface area contributed by atoms with E-state index in [1.54, 1.807) is 19.9 Å². The summed E-state index contributed by atoms with van der Waals surface area (Å²) in [6, 6.07) is 1.67. The van der Waals surface area contributed by atoms with Crippen molar-refractivity contribution in [2.45, 2.75) is 20.0 Å². The lowest BCUT2D eigenvalue weighted by molar-refractivity contribution is -0.119. The van der Waals surface area contributed by atoms with Crippen LogP contribution in [0.15, 0.2) is 12.3 Å². The number of anilines is 1. The van der Waals surface area contributed by atoms with E-state index >= 15 is 0 Å². The van der Waals surface area contributed by atoms with Crippen molar-refractivity contribution in [3.05, 3.63) is 23.4 Å². The highest BCUT2D eigenvalue weighted by molar-refractivity contribution is 7.80. The number of aryl methyl sites for hydroxylation is 1. The Morgan fingerprint density at radius 3 is 2.56 bits per heavy atom. The molecular weight excluding hydrogens is 263 g/mol. The lowest BCUT2D eigenvalue weighted by Gasteiger charge is -2.25. The molecule has 0 aliphatic heterocycles. The van der Waals surface area contributed by atoms with Crippen LogP contribution in [0, 0.1) is 6.92 Å². The molecule has 100 valence electrons. The molecule has 2 N–H and O–H groups in total. The van der Waals surface area contributed by atoms with E-state index in [4.69, 9.17) is 18.0 Å². The number of alkyl halides is 3. The smallest absolute Gasteiger partial charge is 0.389 e. The highest BCUT2D eigenvalue weighted by Gasteiger charge is 2.32. The summed E-state index contributed by atoms with van der Waals surface area (Å²) < 4.78 is 37.4. The first-order chi connectivity index (χ1) is 8.26. The van der Waals surface area contributed by atoms with Crippen molar-refractivity contribution in [1.29, 1.82) is 0 Å². The van der Waals surface area contributed by atoms with Gasteiger partial charge in [0.15, 0.2) is 0 Å². The molecular formula is C11H14F3N3S. The maximum absolute atomic E-state index is 12.5. The molecule has 0 bridgehead atoms. The fourth-order valence-electron chi connectivity index (χ4n) is 1.64. The van der Waals surface area contributed by atoms with Crippen LogP contribution in [0.1, 0.15) is 18.1 Å². The molecule has 0 aliphatic rings. The first-order valence-electron chi connectivity index (χ1n) is 5.33. The van der Waals surface area contributed by atoms with Crippen LogP contribution in [0.3, 0.4) is 0 Å². The summed E-state index contributed by atoms with van der Waals surface area (Å²) >= 11 is 4.88. The standard InChI is InChI=1S/C11H14F3N3S/c1-3-17(6-11(12,13)14)10-8(9(15)18)7(2)4-5-16-10/h4-5H,3,6H2,1-2H3,(H2,15,18). The Balaban J connectivity index is 3.21. The van der Waals surface area contributed by atoms with Crippen molar-refractivity contribution in [3.63, 3.8) is 0 Å². The number of aromatic nitrogens is 1. The summed E-state index contributed by atoms with van der Waals surface area (Å²) in [7, 11) is 0. The third kappa shape index (κ3) is 3.56. The van der Waals surface area contributed by atoms with Crippen molar-refractivity contribution in [3.8, 4) is 0 Å². The molecule has 3 nitrogen and oxygen atoms in total. The van der Waals surface area contributed by atoms with Crippen LogP contribution in [-0.4, -0.2) is 29.2 Å². The van der Waals surface area contributed by atoms with Crippen molar-refractivity contribution in [2.24, 2.45) is 5.73 Å². The molecule has 0 unspecified atom stereocenters. The molecule has 0 saturated carbocycles. The van der Waals surface area contributed by atoms with Crippen LogP contribution in [-0.2, 0) is 0 Å². The molecule has 0 aliphatic carbocycles. The largest absolute Gasteiger partial charge is 0.405 e. The first kappa shape index (κ1) is 14.7. The fourth-order valence-corrected chi connectivity index (χ4v) is 1.89. The van der Waals surface area contributed by atoms with E-state index in [0.29, 0.717) is 11.1 Å². The number of rotatable bonds is 4. The van der Waals surface area contributed by atoms with Gasteiger partial charge in [-0.25, -0.2) is 4.98 Å². The zero-order valence-electron chi connectivity index (χ0n) is 10.1. The van der Waals surface area contributed by atoms with Gasteiger partial charge in [-0.3, -0.25) is 0 Å². The van der Waals surface area contributed by atoms with Crippen LogP contribution in [0.2, 0.25) is 0 Å². The van der Waals surface area contributed by atoms with Crippen molar-refractivity contribution in [2.75, 3.05) is 18.0 Å². The highest BCUT2D eigenvalue weighted by atomic mass is 32.1. The van der Waals surface area contributed by atoms with Gasteiger partial charge >= 0.3 is 6.18 Å². The van der Waals surface area contributed by atoms with Crippen LogP contribution in [0.5, 0.6) is 0 Å². The molecule has 0 amide bonds. The zero-order chi connectivity index (χ0) is 13.9. The van der Waals surface area contributed by atoms with Gasteiger partial charge in [-0.2, -0.15) is 13.2 Å². The third-order valence-electron chi connectivity index (χ3n) is 2.44. The molecule has 1 aromatic heterocycles. The Morgan fingerprint density at radius 1 is 1.50 bits per heavy atom. The Hall–Kier alpha value is -1.37. The van der Waals surface area contributed by atoms with Gasteiger partial charge in [-0.05, 0) is 25.5 Å². The molecule has 0 saturated heterocycles. The Kier molecular flexibility index (Phi) is 4.50. The van der Waals surface area contributed by atoms with E-state index in [0.717, 1.165) is 4.90 Å². The van der Waals surface area contributed by atoms with Crippen LogP contribution < -0.4 is 10.6 Å². The normalized spacial score (nSPS) is 11.4. The number of halogens is 3. The Bertz CT molecular complexity index is 446. The van der Waals surface area contributed by atoms with Gasteiger partial charge in [-0.1, -0.05) is 12.2 Å². The van der Waals surface area contributed by atoms with Crippen LogP contribution >= 0.6 is 12.2 Å². The highest BCUT2D eigenvalue weighted by Crippen LogP contribution is 2.25. The molecule has 0 atom stereocenters. The minimum Gasteiger partial charge on any atom is -0.389 e. The summed E-state index contributed by atoms with van der Waals surface area (Å²) in [6.07, 6.45) is -2.85. The molecule has 0 fully saturated rings. The molecule has 1 aromatic rings. The van der Waals surface area contributed by atoms with Gasteiger partial charge in [0.2, 0.25) is 0 Å². The quantitative estimate of drug-likeness (QED) is 0.858. The second-order valence-electron chi connectivity index (χ2n) is 3.82. The van der Waals surface area contributed by atoms with Crippen LogP contribution in [0.25, 0.3) is 0 Å². The van der Waals surface area contributed by atoms with Crippen molar-refractivity contribution in [1.82, 2.24) is 4.98 Å². The molecule has 0 spiro atoms. The molecule has 1 rings (SSSR count). The van der Waals surface area contributed by atoms with Gasteiger partial charge in [0.1, 0.15) is 17.4 Å². The van der Waals surface area contributed by atoms with Crippen LogP contribution in [0.4, 0.5) is 19.0 Å². The SMILES string of the molecule is CCN(CC(F)(F)F)c1nccc(C)c1C(N)=S. The topological polar surface area (TPSA) is 42.2 Å². The predicted octanol–water partition coefficient (Wildman–Crippen LogP) is 2.41. The number of thiocarbonyl (C=S) groups is 1. The number of hydrogen-bond acceptors (Lipinski definition) is 3. The summed E-state index contributed by atoms with van der Waals surface area (Å²) in [5.41, 5.74) is 6.67. The fraction of sp³-hybridized carbons (Fsp3) is 0.455. The van der Waals surface area contributed by atoms with E-state index in [-0.39, 0.29) is 17.4 Å². The minimum absolute atomic E-state index is 0.0521. The van der Waals surface area contributed by atoms with E-state index in [2.05, 4.69) is 4.98 Å². The van der Waals surface area contributed by atoms with Gasteiger partial charge < -0.3 is 10.6 Å². The minimum atomic E-state index is -4.30. The average Bonchev–Trinajstić information content (AvgIpc) is 2.23. The van der Waals surface area contributed by atoms with E-state index in [9.17, 15) is 13.2 Å². The maximum Gasteiger partial charge on any atom is 0.405 e. The second kappa shape index (κ2) is 5.51. The lowest BCUT2D eigenvalue weighted by atomic mass is 10.1. The summed E-state index contributed by atoms with van der Waals surface area (Å²) in [5.74, 6) is 0.183. The van der Waals surface area contributed by atoms with Gasteiger partial charge in [0.25, 0.3) is 0 Å². The molecule has 1 heterocycles. The summed E-state index contributed by atoms with van der Waals surface area (Å²) in [5, 5.41) is 0. The van der Waals surface area contributed by atoms with E-state index < -0.39 is 12.7 Å². The Morgan fingerprint density at radius 2 is 2.11 bits per heavy atom. The van der Waals surface area contributed by atoms with Gasteiger partial charge in [0.05, 0.1) is 5.56 Å².